The molecular weight excluding hydrogens is 240 g/mol. The molecule has 106 valence electrons. The average Bonchev–Trinajstić information content (AvgIpc) is 2.41. The molecule has 3 heteroatoms. The molecule has 0 aliphatic heterocycles. The second-order valence-electron chi connectivity index (χ2n) is 4.89. The van der Waals surface area contributed by atoms with Crippen molar-refractivity contribution in [1.82, 2.24) is 0 Å². The second-order valence-corrected chi connectivity index (χ2v) is 4.89. The number of carboxylic acid groups (broad SMARTS) is 1. The van der Waals surface area contributed by atoms with Gasteiger partial charge in [-0.1, -0.05) is 63.3 Å². The number of hydrogen-bond donors (Lipinski definition) is 1. The van der Waals surface area contributed by atoms with E-state index in [0.29, 0.717) is 0 Å². The number of benzene rings is 1. The summed E-state index contributed by atoms with van der Waals surface area (Å²) in [5, 5.41) is 8.41. The minimum atomic E-state index is -1.23. The molecule has 0 aromatic heterocycles. The van der Waals surface area contributed by atoms with Crippen molar-refractivity contribution in [2.24, 2.45) is 0 Å². The number of rotatable bonds is 9. The van der Waals surface area contributed by atoms with Gasteiger partial charge >= 0.3 is 6.16 Å². The van der Waals surface area contributed by atoms with Gasteiger partial charge in [-0.2, -0.15) is 0 Å². The molecule has 1 aromatic carbocycles. The Balaban J connectivity index is 2.19. The smallest absolute Gasteiger partial charge is 0.450 e. The van der Waals surface area contributed by atoms with Crippen molar-refractivity contribution in [3.63, 3.8) is 0 Å². The molecular formula is C16H24O3. The van der Waals surface area contributed by atoms with Crippen LogP contribution in [0.25, 0.3) is 0 Å². The van der Waals surface area contributed by atoms with Crippen LogP contribution < -0.4 is 0 Å². The van der Waals surface area contributed by atoms with Crippen molar-refractivity contribution >= 4 is 6.16 Å². The van der Waals surface area contributed by atoms with E-state index in [1.165, 1.54) is 44.1 Å². The summed E-state index contributed by atoms with van der Waals surface area (Å²) in [5.74, 6) is 0. The molecule has 1 rings (SSSR count). The quantitative estimate of drug-likeness (QED) is 0.515. The molecule has 1 N–H and O–H groups in total. The van der Waals surface area contributed by atoms with Crippen LogP contribution in [0.15, 0.2) is 24.3 Å². The number of carbonyl (C=O) groups is 1. The molecule has 1 aromatic rings. The molecule has 0 aliphatic rings. The lowest BCUT2D eigenvalue weighted by Crippen LogP contribution is -2.00. The van der Waals surface area contributed by atoms with E-state index in [-0.39, 0.29) is 6.61 Å². The Hall–Kier alpha value is -1.51. The number of unbranched alkanes of at least 4 members (excludes halogenated alkanes) is 5. The Kier molecular flexibility index (Phi) is 7.71. The molecule has 0 amide bonds. The van der Waals surface area contributed by atoms with Crippen LogP contribution in [0.2, 0.25) is 0 Å². The first-order valence-electron chi connectivity index (χ1n) is 7.16. The van der Waals surface area contributed by atoms with Crippen LogP contribution in [0.1, 0.15) is 56.6 Å². The van der Waals surface area contributed by atoms with Crippen molar-refractivity contribution in [2.45, 2.75) is 58.5 Å². The number of ether oxygens (including phenoxy) is 1. The Morgan fingerprint density at radius 1 is 1.00 bits per heavy atom. The molecule has 3 nitrogen and oxygen atoms in total. The fourth-order valence-electron chi connectivity index (χ4n) is 2.06. The molecule has 0 fully saturated rings. The van der Waals surface area contributed by atoms with Crippen LogP contribution in [0, 0.1) is 0 Å². The summed E-state index contributed by atoms with van der Waals surface area (Å²) >= 11 is 0. The molecule has 0 unspecified atom stereocenters. The molecule has 0 spiro atoms. The monoisotopic (exact) mass is 264 g/mol. The van der Waals surface area contributed by atoms with Gasteiger partial charge < -0.3 is 9.84 Å². The van der Waals surface area contributed by atoms with Gasteiger partial charge in [0.1, 0.15) is 6.61 Å². The van der Waals surface area contributed by atoms with Gasteiger partial charge in [-0.05, 0) is 24.0 Å². The van der Waals surface area contributed by atoms with E-state index in [4.69, 9.17) is 5.11 Å². The number of aryl methyl sites for hydroxylation is 1. The Morgan fingerprint density at radius 3 is 2.21 bits per heavy atom. The standard InChI is InChI=1S/C16H24O3/c1-2-3-4-5-6-7-8-14-9-11-15(12-10-14)13-19-16(17)18/h9-12H,2-8,13H2,1H3,(H,17,18). The van der Waals surface area contributed by atoms with Gasteiger partial charge in [0, 0.05) is 0 Å². The van der Waals surface area contributed by atoms with Crippen molar-refractivity contribution in [2.75, 3.05) is 0 Å². The number of hydrogen-bond acceptors (Lipinski definition) is 2. The first-order chi connectivity index (χ1) is 9.22. The van der Waals surface area contributed by atoms with E-state index in [1.807, 2.05) is 12.1 Å². The summed E-state index contributed by atoms with van der Waals surface area (Å²) in [7, 11) is 0. The Morgan fingerprint density at radius 2 is 1.58 bits per heavy atom. The van der Waals surface area contributed by atoms with E-state index in [0.717, 1.165) is 12.0 Å². The van der Waals surface area contributed by atoms with E-state index in [9.17, 15) is 4.79 Å². The highest BCUT2D eigenvalue weighted by Gasteiger charge is 1.99. The molecule has 0 radical (unpaired) electrons. The Labute approximate surface area is 115 Å². The van der Waals surface area contributed by atoms with E-state index < -0.39 is 6.16 Å². The van der Waals surface area contributed by atoms with Gasteiger partial charge in [0.05, 0.1) is 0 Å². The van der Waals surface area contributed by atoms with E-state index in [1.54, 1.807) is 0 Å². The van der Waals surface area contributed by atoms with E-state index in [2.05, 4.69) is 23.8 Å². The van der Waals surface area contributed by atoms with Crippen LogP contribution in [0.4, 0.5) is 4.79 Å². The predicted octanol–water partition coefficient (Wildman–Crippen LogP) is 4.78. The van der Waals surface area contributed by atoms with Gasteiger partial charge in [0.25, 0.3) is 0 Å². The van der Waals surface area contributed by atoms with E-state index >= 15 is 0 Å². The van der Waals surface area contributed by atoms with Gasteiger partial charge in [-0.25, -0.2) is 4.79 Å². The lowest BCUT2D eigenvalue weighted by molar-refractivity contribution is 0.0854. The lowest BCUT2D eigenvalue weighted by Gasteiger charge is -2.04. The lowest BCUT2D eigenvalue weighted by atomic mass is 10.0. The summed E-state index contributed by atoms with van der Waals surface area (Å²) in [5.41, 5.74) is 2.21. The van der Waals surface area contributed by atoms with Crippen LogP contribution in [0.5, 0.6) is 0 Å². The third-order valence-corrected chi connectivity index (χ3v) is 3.20. The highest BCUT2D eigenvalue weighted by Crippen LogP contribution is 2.11. The normalized spacial score (nSPS) is 10.4. The summed E-state index contributed by atoms with van der Waals surface area (Å²) in [4.78, 5) is 10.3. The maximum atomic E-state index is 10.3. The summed E-state index contributed by atoms with van der Waals surface area (Å²) < 4.78 is 4.52. The third-order valence-electron chi connectivity index (χ3n) is 3.20. The van der Waals surface area contributed by atoms with Gasteiger partial charge in [0.2, 0.25) is 0 Å². The maximum absolute atomic E-state index is 10.3. The first kappa shape index (κ1) is 15.5. The van der Waals surface area contributed by atoms with Crippen LogP contribution >= 0.6 is 0 Å². The largest absolute Gasteiger partial charge is 0.506 e. The average molecular weight is 264 g/mol. The zero-order chi connectivity index (χ0) is 13.9. The van der Waals surface area contributed by atoms with Crippen molar-refractivity contribution < 1.29 is 14.6 Å². The summed E-state index contributed by atoms with van der Waals surface area (Å²) in [6.07, 6.45) is 7.72. The zero-order valence-corrected chi connectivity index (χ0v) is 11.7. The van der Waals surface area contributed by atoms with Crippen molar-refractivity contribution in [1.29, 1.82) is 0 Å². The Bertz CT molecular complexity index is 357. The van der Waals surface area contributed by atoms with Crippen LogP contribution in [0.3, 0.4) is 0 Å². The first-order valence-corrected chi connectivity index (χ1v) is 7.16. The van der Waals surface area contributed by atoms with Gasteiger partial charge in [0.15, 0.2) is 0 Å². The van der Waals surface area contributed by atoms with Gasteiger partial charge in [-0.3, -0.25) is 0 Å². The molecule has 0 saturated carbocycles. The molecule has 0 saturated heterocycles. The van der Waals surface area contributed by atoms with Crippen molar-refractivity contribution in [3.05, 3.63) is 35.4 Å². The second kappa shape index (κ2) is 9.42. The highest BCUT2D eigenvalue weighted by atomic mass is 16.7. The van der Waals surface area contributed by atoms with Crippen LogP contribution in [-0.4, -0.2) is 11.3 Å². The highest BCUT2D eigenvalue weighted by molar-refractivity contribution is 5.56. The van der Waals surface area contributed by atoms with Crippen LogP contribution in [-0.2, 0) is 17.8 Å². The zero-order valence-electron chi connectivity index (χ0n) is 11.7. The molecule has 0 heterocycles. The molecule has 19 heavy (non-hydrogen) atoms. The summed E-state index contributed by atoms with van der Waals surface area (Å²) in [6.45, 7) is 2.36. The molecule has 0 aliphatic carbocycles. The minimum absolute atomic E-state index is 0.132. The van der Waals surface area contributed by atoms with Crippen molar-refractivity contribution in [3.8, 4) is 0 Å². The minimum Gasteiger partial charge on any atom is -0.450 e. The molecule has 0 atom stereocenters. The van der Waals surface area contributed by atoms with Gasteiger partial charge in [-0.15, -0.1) is 0 Å². The fraction of sp³-hybridized carbons (Fsp3) is 0.562. The summed E-state index contributed by atoms with van der Waals surface area (Å²) in [6, 6.07) is 8.00. The third kappa shape index (κ3) is 7.50. The maximum Gasteiger partial charge on any atom is 0.506 e. The topological polar surface area (TPSA) is 46.5 Å². The fourth-order valence-corrected chi connectivity index (χ4v) is 2.06. The SMILES string of the molecule is CCCCCCCCc1ccc(COC(=O)O)cc1. The predicted molar refractivity (Wildman–Crippen MR) is 76.3 cm³/mol. The molecule has 0 bridgehead atoms.